The Morgan fingerprint density at radius 3 is 2.64 bits per heavy atom. The molecule has 0 saturated carbocycles. The topological polar surface area (TPSA) is 51.1 Å². The van der Waals surface area contributed by atoms with Gasteiger partial charge < -0.3 is 5.32 Å². The number of nitrogens with zero attached hydrogens (tertiary/aromatic N) is 1. The normalized spacial score (nSPS) is 13.2. The number of hydrogen-bond acceptors (Lipinski definition) is 3. The van der Waals surface area contributed by atoms with Gasteiger partial charge in [-0.25, -0.2) is 16.8 Å². The van der Waals surface area contributed by atoms with E-state index in [0.717, 1.165) is 47.6 Å². The quantitative estimate of drug-likeness (QED) is 0.689. The summed E-state index contributed by atoms with van der Waals surface area (Å²) in [5.41, 5.74) is 4.80. The fourth-order valence-electron chi connectivity index (χ4n) is 3.83. The maximum absolute atomic E-state index is 13.7. The van der Waals surface area contributed by atoms with E-state index in [1.807, 2.05) is 31.3 Å². The highest BCUT2D eigenvalue weighted by Crippen LogP contribution is 2.37. The zero-order valence-corrected chi connectivity index (χ0v) is 17.1. The van der Waals surface area contributed by atoms with Crippen molar-refractivity contribution in [2.75, 3.05) is 7.05 Å². The van der Waals surface area contributed by atoms with Crippen LogP contribution in [0.3, 0.4) is 0 Å². The minimum atomic E-state index is -3.91. The second-order valence-corrected chi connectivity index (χ2v) is 8.60. The summed E-state index contributed by atoms with van der Waals surface area (Å²) in [6, 6.07) is 13.1. The summed E-state index contributed by atoms with van der Waals surface area (Å²) in [7, 11) is -2.07. The first-order chi connectivity index (χ1) is 13.0. The van der Waals surface area contributed by atoms with Crippen molar-refractivity contribution in [2.45, 2.75) is 30.7 Å². The van der Waals surface area contributed by atoms with Crippen LogP contribution in [0.5, 0.6) is 0 Å². The molecular formula is C21H22ClFN2O2S. The Morgan fingerprint density at radius 1 is 1.11 bits per heavy atom. The molecule has 0 unspecified atom stereocenters. The molecule has 3 aromatic rings. The van der Waals surface area contributed by atoms with Gasteiger partial charge in [0, 0.05) is 18.3 Å². The molecule has 0 radical (unpaired) electrons. The van der Waals surface area contributed by atoms with E-state index >= 15 is 0 Å². The van der Waals surface area contributed by atoms with E-state index in [9.17, 15) is 12.8 Å². The Hall–Kier alpha value is -2.15. The monoisotopic (exact) mass is 420 g/mol. The van der Waals surface area contributed by atoms with Gasteiger partial charge in [0.25, 0.3) is 10.0 Å². The molecule has 148 valence electrons. The second-order valence-electron chi connectivity index (χ2n) is 6.78. The summed E-state index contributed by atoms with van der Waals surface area (Å²) in [6.45, 7) is 0.580. The Bertz CT molecular complexity index is 1110. The number of fused-ring (bicyclic) bond motifs is 3. The largest absolute Gasteiger partial charge is 0.316 e. The zero-order valence-electron chi connectivity index (χ0n) is 15.5. The maximum atomic E-state index is 13.7. The molecule has 1 N–H and O–H groups in total. The molecule has 2 aromatic carbocycles. The number of rotatable bonds is 4. The van der Waals surface area contributed by atoms with Gasteiger partial charge in [-0.05, 0) is 61.2 Å². The standard InChI is InChI=1S/C21H21FN2O2S.ClH/c1-23-13-16-14-24(27(25,26)18-9-5-8-17(22)12-18)21-19-10-3-2-6-15(19)7-4-11-20(16)21;/h2-3,5-6,8-10,12,14,23H,4,7,11,13H2,1H3;1H. The van der Waals surface area contributed by atoms with E-state index in [1.54, 1.807) is 6.20 Å². The minimum Gasteiger partial charge on any atom is -0.316 e. The summed E-state index contributed by atoms with van der Waals surface area (Å²) in [5.74, 6) is -0.565. The van der Waals surface area contributed by atoms with Crippen LogP contribution in [0.2, 0.25) is 0 Å². The molecule has 4 rings (SSSR count). The molecule has 0 atom stereocenters. The minimum absolute atomic E-state index is 0. The molecule has 0 aliphatic heterocycles. The van der Waals surface area contributed by atoms with Crippen molar-refractivity contribution in [3.8, 4) is 11.3 Å². The predicted octanol–water partition coefficient (Wildman–Crippen LogP) is 4.16. The predicted molar refractivity (Wildman–Crippen MR) is 111 cm³/mol. The average molecular weight is 421 g/mol. The lowest BCUT2D eigenvalue weighted by molar-refractivity contribution is 0.583. The Kier molecular flexibility index (Phi) is 5.93. The van der Waals surface area contributed by atoms with Crippen LogP contribution in [0.15, 0.2) is 59.6 Å². The zero-order chi connectivity index (χ0) is 19.0. The number of halogens is 2. The summed E-state index contributed by atoms with van der Waals surface area (Å²) >= 11 is 0. The molecule has 1 aromatic heterocycles. The van der Waals surface area contributed by atoms with Gasteiger partial charge in [-0.3, -0.25) is 0 Å². The average Bonchev–Trinajstić information content (AvgIpc) is 2.90. The van der Waals surface area contributed by atoms with Crippen molar-refractivity contribution in [3.63, 3.8) is 0 Å². The molecule has 1 aliphatic rings. The first-order valence-electron chi connectivity index (χ1n) is 8.99. The number of benzene rings is 2. The molecule has 0 amide bonds. The van der Waals surface area contributed by atoms with Gasteiger partial charge in [-0.15, -0.1) is 12.4 Å². The van der Waals surface area contributed by atoms with Crippen LogP contribution < -0.4 is 5.32 Å². The Labute approximate surface area is 170 Å². The van der Waals surface area contributed by atoms with Crippen molar-refractivity contribution in [1.82, 2.24) is 9.29 Å². The highest BCUT2D eigenvalue weighted by Gasteiger charge is 2.28. The van der Waals surface area contributed by atoms with Crippen LogP contribution >= 0.6 is 12.4 Å². The molecule has 0 fully saturated rings. The van der Waals surface area contributed by atoms with Crippen molar-refractivity contribution < 1.29 is 12.8 Å². The lowest BCUT2D eigenvalue weighted by Crippen LogP contribution is -2.14. The smallest absolute Gasteiger partial charge is 0.268 e. The third-order valence-electron chi connectivity index (χ3n) is 5.03. The first kappa shape index (κ1) is 20.6. The summed E-state index contributed by atoms with van der Waals surface area (Å²) in [6.07, 6.45) is 4.37. The van der Waals surface area contributed by atoms with Crippen LogP contribution in [-0.2, 0) is 29.4 Å². The molecule has 7 heteroatoms. The van der Waals surface area contributed by atoms with Crippen LogP contribution in [0.4, 0.5) is 4.39 Å². The lowest BCUT2D eigenvalue weighted by Gasteiger charge is -2.13. The molecule has 1 heterocycles. The fraction of sp³-hybridized carbons (Fsp3) is 0.238. The number of aryl methyl sites for hydroxylation is 1. The first-order valence-corrected chi connectivity index (χ1v) is 10.4. The number of hydrogen-bond donors (Lipinski definition) is 1. The third kappa shape index (κ3) is 3.48. The number of nitrogens with one attached hydrogen (secondary N) is 1. The maximum Gasteiger partial charge on any atom is 0.268 e. The van der Waals surface area contributed by atoms with Gasteiger partial charge >= 0.3 is 0 Å². The van der Waals surface area contributed by atoms with Crippen molar-refractivity contribution in [3.05, 3.63) is 77.2 Å². The van der Waals surface area contributed by atoms with Gasteiger partial charge in [-0.1, -0.05) is 30.3 Å². The Balaban J connectivity index is 0.00000225. The fourth-order valence-corrected chi connectivity index (χ4v) is 5.28. The van der Waals surface area contributed by atoms with Gasteiger partial charge in [0.05, 0.1) is 10.6 Å². The van der Waals surface area contributed by atoms with Gasteiger partial charge in [0.15, 0.2) is 0 Å². The molecule has 1 aliphatic carbocycles. The SMILES string of the molecule is CNCc1cn(S(=O)(=O)c2cccc(F)c2)c2c1CCCc1ccccc1-2.Cl. The van der Waals surface area contributed by atoms with Crippen molar-refractivity contribution in [1.29, 1.82) is 0 Å². The van der Waals surface area contributed by atoms with Crippen molar-refractivity contribution in [2.24, 2.45) is 0 Å². The van der Waals surface area contributed by atoms with Crippen LogP contribution in [0.25, 0.3) is 11.3 Å². The van der Waals surface area contributed by atoms with Gasteiger partial charge in [-0.2, -0.15) is 0 Å². The van der Waals surface area contributed by atoms with Crippen molar-refractivity contribution >= 4 is 22.4 Å². The molecule has 0 spiro atoms. The van der Waals surface area contributed by atoms with Gasteiger partial charge in [0.1, 0.15) is 5.82 Å². The van der Waals surface area contributed by atoms with E-state index in [0.29, 0.717) is 12.2 Å². The molecule has 0 bridgehead atoms. The van der Waals surface area contributed by atoms with E-state index in [2.05, 4.69) is 5.32 Å². The molecule has 0 saturated heterocycles. The van der Waals surface area contributed by atoms with E-state index < -0.39 is 15.8 Å². The lowest BCUT2D eigenvalue weighted by atomic mass is 10.0. The van der Waals surface area contributed by atoms with Gasteiger partial charge in [0.2, 0.25) is 0 Å². The summed E-state index contributed by atoms with van der Waals surface area (Å²) in [5, 5.41) is 3.12. The van der Waals surface area contributed by atoms with Crippen LogP contribution in [0.1, 0.15) is 23.1 Å². The number of aromatic nitrogens is 1. The molecule has 4 nitrogen and oxygen atoms in total. The van der Waals surface area contributed by atoms with Crippen LogP contribution in [0, 0.1) is 5.82 Å². The Morgan fingerprint density at radius 2 is 1.89 bits per heavy atom. The molecular weight excluding hydrogens is 399 g/mol. The summed E-state index contributed by atoms with van der Waals surface area (Å²) < 4.78 is 41.8. The van der Waals surface area contributed by atoms with E-state index in [4.69, 9.17) is 0 Å². The van der Waals surface area contributed by atoms with Crippen LogP contribution in [-0.4, -0.2) is 19.4 Å². The summed E-state index contributed by atoms with van der Waals surface area (Å²) in [4.78, 5) is -0.0435. The second kappa shape index (κ2) is 8.07. The highest BCUT2D eigenvalue weighted by molar-refractivity contribution is 7.90. The molecule has 28 heavy (non-hydrogen) atoms. The van der Waals surface area contributed by atoms with E-state index in [-0.39, 0.29) is 17.3 Å². The third-order valence-corrected chi connectivity index (χ3v) is 6.69. The van der Waals surface area contributed by atoms with E-state index in [1.165, 1.54) is 22.2 Å². The highest BCUT2D eigenvalue weighted by atomic mass is 35.5.